The fourth-order valence-corrected chi connectivity index (χ4v) is 13.8. The molecule has 0 aromatic carbocycles. The summed E-state index contributed by atoms with van der Waals surface area (Å²) < 4.78 is 68.5. The molecule has 0 radical (unpaired) electrons. The summed E-state index contributed by atoms with van der Waals surface area (Å²) in [5, 5.41) is 10.6. The molecule has 0 saturated heterocycles. The van der Waals surface area contributed by atoms with Gasteiger partial charge >= 0.3 is 39.5 Å². The Bertz CT molecular complexity index is 1940. The Labute approximate surface area is 607 Å². The van der Waals surface area contributed by atoms with Crippen molar-refractivity contribution in [2.45, 2.75) is 427 Å². The SMILES string of the molecule is CCC(C)CCCCCCCCCCCCCCCCCCCCC(=O)O[C@H](COC(=O)CCCCCCCCCC(C)C)COP(=O)(O)OCC(O)COP(=O)(O)OC[C@@H](COC(=O)CCCCCCCCCCCCCCCCCC(C)C)OC(=O)CCCCCCCCC(C)C. The third kappa shape index (κ3) is 72.8. The van der Waals surface area contributed by atoms with E-state index in [1.54, 1.807) is 0 Å². The maximum Gasteiger partial charge on any atom is 0.472 e. The van der Waals surface area contributed by atoms with Gasteiger partial charge in [0.25, 0.3) is 0 Å². The molecule has 0 aromatic heterocycles. The summed E-state index contributed by atoms with van der Waals surface area (Å²) in [6.45, 7) is 14.2. The lowest BCUT2D eigenvalue weighted by atomic mass is 9.99. The quantitative estimate of drug-likeness (QED) is 0.0222. The van der Waals surface area contributed by atoms with Crippen LogP contribution in [-0.2, 0) is 65.4 Å². The molecule has 0 aliphatic rings. The van der Waals surface area contributed by atoms with E-state index in [4.69, 9.17) is 37.0 Å². The number of carbonyl (C=O) groups is 4. The molecular weight excluding hydrogens is 1290 g/mol. The zero-order valence-corrected chi connectivity index (χ0v) is 66.9. The minimum atomic E-state index is -4.96. The highest BCUT2D eigenvalue weighted by molar-refractivity contribution is 7.47. The Kier molecular flexibility index (Phi) is 67.8. The summed E-state index contributed by atoms with van der Waals surface area (Å²) >= 11 is 0. The number of hydrogen-bond acceptors (Lipinski definition) is 15. The second kappa shape index (κ2) is 69.1. The second-order valence-corrected chi connectivity index (χ2v) is 33.4. The topological polar surface area (TPSA) is 237 Å². The number of phosphoric acid groups is 2. The first kappa shape index (κ1) is 97.1. The normalized spacial score (nSPS) is 14.3. The van der Waals surface area contributed by atoms with Gasteiger partial charge in [0.15, 0.2) is 12.2 Å². The van der Waals surface area contributed by atoms with Gasteiger partial charge in [0.1, 0.15) is 19.3 Å². The molecule has 0 aromatic rings. The van der Waals surface area contributed by atoms with Gasteiger partial charge in [0.05, 0.1) is 26.4 Å². The monoisotopic (exact) mass is 1450 g/mol. The average molecular weight is 1450 g/mol. The van der Waals surface area contributed by atoms with E-state index < -0.39 is 97.5 Å². The Hall–Kier alpha value is -1.94. The van der Waals surface area contributed by atoms with Crippen molar-refractivity contribution in [3.63, 3.8) is 0 Å². The third-order valence-electron chi connectivity index (χ3n) is 18.9. The van der Waals surface area contributed by atoms with E-state index in [1.807, 2.05) is 0 Å². The average Bonchev–Trinajstić information content (AvgIpc) is 1.18. The van der Waals surface area contributed by atoms with Crippen molar-refractivity contribution in [2.75, 3.05) is 39.6 Å². The molecule has 588 valence electrons. The van der Waals surface area contributed by atoms with Crippen molar-refractivity contribution in [3.8, 4) is 0 Å². The Morgan fingerprint density at radius 1 is 0.283 bits per heavy atom. The minimum Gasteiger partial charge on any atom is -0.462 e. The minimum absolute atomic E-state index is 0.102. The van der Waals surface area contributed by atoms with Crippen molar-refractivity contribution < 1.29 is 80.2 Å². The standard InChI is InChI=1S/C80H156O17P2/c1-9-73(8)59-51-43-34-28-24-20-16-12-10-11-13-17-22-26-30-36-46-54-62-79(84)96-75(66-91-78(83)61-53-45-37-31-33-41-49-57-71(4)5)68-94-98(86,87)92-64-74(81)65-93-99(88,89)95-69-76(97-80(85)63-55-47-39-38-42-50-58-72(6)7)67-90-77(82)60-52-44-35-29-25-21-18-14-15-19-23-27-32-40-48-56-70(2)3/h70-76,81H,9-69H2,1-8H3,(H,86,87)(H,88,89)/t73?,74?,75-,76-/m1/s1. The molecule has 0 aliphatic carbocycles. The number of rotatable bonds is 77. The Morgan fingerprint density at radius 2 is 0.485 bits per heavy atom. The van der Waals surface area contributed by atoms with Crippen LogP contribution in [0.15, 0.2) is 0 Å². The first-order valence-corrected chi connectivity index (χ1v) is 44.2. The van der Waals surface area contributed by atoms with Gasteiger partial charge in [-0.3, -0.25) is 37.3 Å². The van der Waals surface area contributed by atoms with Gasteiger partial charge < -0.3 is 33.8 Å². The number of carbonyl (C=O) groups excluding carboxylic acids is 4. The molecule has 17 nitrogen and oxygen atoms in total. The molecule has 0 heterocycles. The van der Waals surface area contributed by atoms with E-state index in [2.05, 4.69) is 55.4 Å². The summed E-state index contributed by atoms with van der Waals surface area (Å²) in [4.78, 5) is 72.8. The van der Waals surface area contributed by atoms with Crippen molar-refractivity contribution in [3.05, 3.63) is 0 Å². The molecule has 0 spiro atoms. The van der Waals surface area contributed by atoms with Crippen LogP contribution < -0.4 is 0 Å². The number of esters is 4. The lowest BCUT2D eigenvalue weighted by molar-refractivity contribution is -0.161. The number of aliphatic hydroxyl groups excluding tert-OH is 1. The van der Waals surface area contributed by atoms with Crippen LogP contribution in [0.3, 0.4) is 0 Å². The summed E-state index contributed by atoms with van der Waals surface area (Å²) in [5.74, 6) is 0.929. The van der Waals surface area contributed by atoms with E-state index >= 15 is 0 Å². The predicted molar refractivity (Wildman–Crippen MR) is 404 cm³/mol. The van der Waals surface area contributed by atoms with Crippen LogP contribution in [0.5, 0.6) is 0 Å². The zero-order valence-electron chi connectivity index (χ0n) is 65.1. The number of ether oxygens (including phenoxy) is 4. The molecule has 0 amide bonds. The smallest absolute Gasteiger partial charge is 0.462 e. The highest BCUT2D eigenvalue weighted by Crippen LogP contribution is 2.45. The van der Waals surface area contributed by atoms with Gasteiger partial charge in [-0.2, -0.15) is 0 Å². The molecule has 4 unspecified atom stereocenters. The van der Waals surface area contributed by atoms with Crippen molar-refractivity contribution in [1.29, 1.82) is 0 Å². The fraction of sp³-hybridized carbons (Fsp3) is 0.950. The molecule has 6 atom stereocenters. The third-order valence-corrected chi connectivity index (χ3v) is 20.8. The highest BCUT2D eigenvalue weighted by Gasteiger charge is 2.30. The second-order valence-electron chi connectivity index (χ2n) is 30.5. The molecule has 0 aliphatic heterocycles. The molecule has 19 heteroatoms. The molecule has 0 fully saturated rings. The number of phosphoric ester groups is 2. The van der Waals surface area contributed by atoms with Gasteiger partial charge in [-0.15, -0.1) is 0 Å². The Balaban J connectivity index is 5.11. The lowest BCUT2D eigenvalue weighted by Crippen LogP contribution is -2.30. The van der Waals surface area contributed by atoms with Crippen LogP contribution >= 0.6 is 15.6 Å². The van der Waals surface area contributed by atoms with Crippen molar-refractivity contribution in [1.82, 2.24) is 0 Å². The van der Waals surface area contributed by atoms with Gasteiger partial charge in [-0.05, 0) is 49.4 Å². The molecule has 0 saturated carbocycles. The predicted octanol–water partition coefficient (Wildman–Crippen LogP) is 23.6. The number of hydrogen-bond donors (Lipinski definition) is 3. The Morgan fingerprint density at radius 3 is 0.717 bits per heavy atom. The lowest BCUT2D eigenvalue weighted by Gasteiger charge is -2.21. The maximum absolute atomic E-state index is 13.1. The van der Waals surface area contributed by atoms with E-state index in [-0.39, 0.29) is 25.7 Å². The first-order valence-electron chi connectivity index (χ1n) is 41.2. The zero-order chi connectivity index (χ0) is 73.1. The van der Waals surface area contributed by atoms with Crippen LogP contribution in [0.4, 0.5) is 0 Å². The number of unbranched alkanes of at least 4 members (excludes halogenated alkanes) is 42. The van der Waals surface area contributed by atoms with Crippen molar-refractivity contribution >= 4 is 39.5 Å². The van der Waals surface area contributed by atoms with Crippen LogP contribution in [0.1, 0.15) is 409 Å². The number of aliphatic hydroxyl groups is 1. The van der Waals surface area contributed by atoms with E-state index in [9.17, 15) is 43.2 Å². The summed E-state index contributed by atoms with van der Waals surface area (Å²) in [5.41, 5.74) is 0. The fourth-order valence-electron chi connectivity index (χ4n) is 12.2. The molecule has 3 N–H and O–H groups in total. The van der Waals surface area contributed by atoms with E-state index in [0.29, 0.717) is 37.5 Å². The largest absolute Gasteiger partial charge is 0.472 e. The van der Waals surface area contributed by atoms with E-state index in [1.165, 1.54) is 205 Å². The molecule has 99 heavy (non-hydrogen) atoms. The molecule has 0 rings (SSSR count). The van der Waals surface area contributed by atoms with Gasteiger partial charge in [0.2, 0.25) is 0 Å². The van der Waals surface area contributed by atoms with Gasteiger partial charge in [-0.1, -0.05) is 357 Å². The summed E-state index contributed by atoms with van der Waals surface area (Å²) in [6, 6.07) is 0. The van der Waals surface area contributed by atoms with E-state index in [0.717, 1.165) is 108 Å². The maximum atomic E-state index is 13.1. The van der Waals surface area contributed by atoms with Gasteiger partial charge in [-0.25, -0.2) is 9.13 Å². The summed E-state index contributed by atoms with van der Waals surface area (Å²) in [6.07, 6.45) is 55.9. The van der Waals surface area contributed by atoms with Gasteiger partial charge in [0, 0.05) is 25.7 Å². The summed E-state index contributed by atoms with van der Waals surface area (Å²) in [7, 11) is -9.92. The van der Waals surface area contributed by atoms with Crippen LogP contribution in [0.2, 0.25) is 0 Å². The van der Waals surface area contributed by atoms with Crippen molar-refractivity contribution in [2.24, 2.45) is 23.7 Å². The molecular formula is C80H156O17P2. The van der Waals surface area contributed by atoms with Crippen LogP contribution in [0.25, 0.3) is 0 Å². The van der Waals surface area contributed by atoms with Crippen LogP contribution in [0, 0.1) is 23.7 Å². The molecule has 0 bridgehead atoms. The first-order chi connectivity index (χ1) is 47.6. The van der Waals surface area contributed by atoms with Crippen LogP contribution in [-0.4, -0.2) is 96.7 Å². The highest BCUT2D eigenvalue weighted by atomic mass is 31.2.